The molecule has 0 unspecified atom stereocenters. The monoisotopic (exact) mass is 290 g/mol. The molecule has 3 rings (SSSR count). The summed E-state index contributed by atoms with van der Waals surface area (Å²) in [5.74, 6) is 1.37. The second-order valence-electron chi connectivity index (χ2n) is 5.82. The number of nitrogens with one attached hydrogen (secondary N) is 2. The van der Waals surface area contributed by atoms with Crippen LogP contribution >= 0.6 is 0 Å². The molecule has 21 heavy (non-hydrogen) atoms. The van der Waals surface area contributed by atoms with Crippen LogP contribution < -0.4 is 10.2 Å². The van der Waals surface area contributed by atoms with Gasteiger partial charge in [-0.2, -0.15) is 15.1 Å². The van der Waals surface area contributed by atoms with Gasteiger partial charge >= 0.3 is 0 Å². The number of aromatic amines is 1. The van der Waals surface area contributed by atoms with Crippen LogP contribution in [0.25, 0.3) is 11.0 Å². The molecule has 0 saturated heterocycles. The predicted molar refractivity (Wildman–Crippen MR) is 82.5 cm³/mol. The highest BCUT2D eigenvalue weighted by Gasteiger charge is 2.33. The van der Waals surface area contributed by atoms with Crippen LogP contribution in [-0.2, 0) is 0 Å². The van der Waals surface area contributed by atoms with Gasteiger partial charge in [0.25, 0.3) is 0 Å². The van der Waals surface area contributed by atoms with Crippen molar-refractivity contribution in [1.29, 1.82) is 0 Å². The van der Waals surface area contributed by atoms with Gasteiger partial charge < -0.3 is 15.3 Å². The van der Waals surface area contributed by atoms with Gasteiger partial charge in [0.2, 0.25) is 5.95 Å². The molecule has 114 valence electrons. The highest BCUT2D eigenvalue weighted by molar-refractivity contribution is 5.87. The normalized spacial score (nSPS) is 17.3. The maximum atomic E-state index is 10.6. The Morgan fingerprint density at radius 3 is 2.86 bits per heavy atom. The molecule has 7 nitrogen and oxygen atoms in total. The molecule has 1 fully saturated rings. The maximum absolute atomic E-state index is 10.6. The smallest absolute Gasteiger partial charge is 0.226 e. The molecule has 3 N–H and O–H groups in total. The number of aliphatic hydroxyl groups is 1. The van der Waals surface area contributed by atoms with Gasteiger partial charge in [-0.05, 0) is 19.8 Å². The van der Waals surface area contributed by atoms with E-state index in [-0.39, 0.29) is 0 Å². The first kappa shape index (κ1) is 14.1. The molecule has 0 aliphatic heterocycles. The van der Waals surface area contributed by atoms with Gasteiger partial charge in [0.1, 0.15) is 5.82 Å². The largest absolute Gasteiger partial charge is 0.388 e. The second kappa shape index (κ2) is 5.48. The fourth-order valence-electron chi connectivity index (χ4n) is 3.06. The summed E-state index contributed by atoms with van der Waals surface area (Å²) in [5, 5.41) is 21.5. The Morgan fingerprint density at radius 2 is 2.14 bits per heavy atom. The van der Waals surface area contributed by atoms with Gasteiger partial charge in [0, 0.05) is 20.1 Å². The number of H-pyrrole nitrogens is 1. The van der Waals surface area contributed by atoms with Crippen molar-refractivity contribution in [2.45, 2.75) is 38.2 Å². The molecule has 0 amide bonds. The summed E-state index contributed by atoms with van der Waals surface area (Å²) >= 11 is 0. The summed E-state index contributed by atoms with van der Waals surface area (Å²) in [7, 11) is 1.96. The molecule has 1 aliphatic rings. The lowest BCUT2D eigenvalue weighted by molar-refractivity contribution is 0.0558. The molecule has 2 aromatic heterocycles. The topological polar surface area (TPSA) is 90.0 Å². The minimum Gasteiger partial charge on any atom is -0.388 e. The van der Waals surface area contributed by atoms with Crippen LogP contribution in [-0.4, -0.2) is 51.0 Å². The average Bonchev–Trinajstić information content (AvgIpc) is 3.07. The van der Waals surface area contributed by atoms with E-state index in [1.807, 2.05) is 18.9 Å². The van der Waals surface area contributed by atoms with Crippen LogP contribution in [0.4, 0.5) is 11.8 Å². The molecule has 0 atom stereocenters. The molecule has 2 aromatic rings. The van der Waals surface area contributed by atoms with Crippen LogP contribution in [0.1, 0.15) is 32.6 Å². The highest BCUT2D eigenvalue weighted by atomic mass is 16.3. The fourth-order valence-corrected chi connectivity index (χ4v) is 3.06. The SMILES string of the molecule is CCNc1nc(N(C)CC2(O)CCCC2)c2cn[nH]c2n1. The number of anilines is 2. The van der Waals surface area contributed by atoms with Gasteiger partial charge in [-0.25, -0.2) is 0 Å². The first-order chi connectivity index (χ1) is 10.1. The number of hydrogen-bond donors (Lipinski definition) is 3. The molecule has 2 heterocycles. The summed E-state index contributed by atoms with van der Waals surface area (Å²) in [6.07, 6.45) is 5.64. The lowest BCUT2D eigenvalue weighted by atomic mass is 10.0. The van der Waals surface area contributed by atoms with Crippen molar-refractivity contribution < 1.29 is 5.11 Å². The van der Waals surface area contributed by atoms with Gasteiger partial charge in [0.05, 0.1) is 17.2 Å². The van der Waals surface area contributed by atoms with Crippen molar-refractivity contribution in [3.05, 3.63) is 6.20 Å². The van der Waals surface area contributed by atoms with Gasteiger partial charge in [-0.3, -0.25) is 5.10 Å². The Kier molecular flexibility index (Phi) is 3.67. The number of hydrogen-bond acceptors (Lipinski definition) is 6. The number of fused-ring (bicyclic) bond motifs is 1. The molecule has 1 aliphatic carbocycles. The van der Waals surface area contributed by atoms with Gasteiger partial charge in [-0.15, -0.1) is 0 Å². The first-order valence-corrected chi connectivity index (χ1v) is 7.50. The lowest BCUT2D eigenvalue weighted by Gasteiger charge is -2.29. The molecule has 1 saturated carbocycles. The summed E-state index contributed by atoms with van der Waals surface area (Å²) in [5.41, 5.74) is 0.106. The standard InChI is InChI=1S/C14H22N6O/c1-3-15-13-17-11-10(8-16-19-11)12(18-13)20(2)9-14(21)6-4-5-7-14/h8,21H,3-7,9H2,1-2H3,(H2,15,16,17,18,19). The number of aromatic nitrogens is 4. The molecule has 0 radical (unpaired) electrons. The van der Waals surface area contributed by atoms with Crippen molar-refractivity contribution in [3.63, 3.8) is 0 Å². The minimum absolute atomic E-state index is 0.578. The summed E-state index contributed by atoms with van der Waals surface area (Å²) < 4.78 is 0. The minimum atomic E-state index is -0.603. The molecular weight excluding hydrogens is 268 g/mol. The summed E-state index contributed by atoms with van der Waals surface area (Å²) in [4.78, 5) is 11.0. The van der Waals surface area contributed by atoms with Gasteiger partial charge in [-0.1, -0.05) is 12.8 Å². The van der Waals surface area contributed by atoms with E-state index in [9.17, 15) is 5.11 Å². The molecule has 7 heteroatoms. The van der Waals surface area contributed by atoms with Crippen LogP contribution in [0.15, 0.2) is 6.20 Å². The fraction of sp³-hybridized carbons (Fsp3) is 0.643. The van der Waals surface area contributed by atoms with E-state index >= 15 is 0 Å². The maximum Gasteiger partial charge on any atom is 0.226 e. The van der Waals surface area contributed by atoms with Crippen molar-refractivity contribution in [3.8, 4) is 0 Å². The zero-order valence-corrected chi connectivity index (χ0v) is 12.6. The Hall–Kier alpha value is -1.89. The van der Waals surface area contributed by atoms with Crippen LogP contribution in [0.5, 0.6) is 0 Å². The van der Waals surface area contributed by atoms with Crippen molar-refractivity contribution in [1.82, 2.24) is 20.2 Å². The molecular formula is C14H22N6O. The van der Waals surface area contributed by atoms with Crippen molar-refractivity contribution >= 4 is 22.8 Å². The van der Waals surface area contributed by atoms with Gasteiger partial charge in [0.15, 0.2) is 5.65 Å². The number of nitrogens with zero attached hydrogens (tertiary/aromatic N) is 4. The Morgan fingerprint density at radius 1 is 1.38 bits per heavy atom. The first-order valence-electron chi connectivity index (χ1n) is 7.50. The van der Waals surface area contributed by atoms with E-state index in [1.54, 1.807) is 6.20 Å². The third-order valence-electron chi connectivity index (χ3n) is 4.05. The molecule has 0 bridgehead atoms. The van der Waals surface area contributed by atoms with E-state index in [0.29, 0.717) is 18.1 Å². The van der Waals surface area contributed by atoms with E-state index in [4.69, 9.17) is 0 Å². The second-order valence-corrected chi connectivity index (χ2v) is 5.82. The number of likely N-dealkylation sites (N-methyl/N-ethyl adjacent to an activating group) is 1. The highest BCUT2D eigenvalue weighted by Crippen LogP contribution is 2.32. The van der Waals surface area contributed by atoms with Crippen LogP contribution in [0.2, 0.25) is 0 Å². The van der Waals surface area contributed by atoms with E-state index in [1.165, 1.54) is 0 Å². The Bertz CT molecular complexity index is 619. The Balaban J connectivity index is 1.92. The third kappa shape index (κ3) is 2.78. The summed E-state index contributed by atoms with van der Waals surface area (Å²) in [6, 6.07) is 0. The van der Waals surface area contributed by atoms with Crippen molar-refractivity contribution in [2.24, 2.45) is 0 Å². The van der Waals surface area contributed by atoms with E-state index < -0.39 is 5.60 Å². The zero-order valence-electron chi connectivity index (χ0n) is 12.6. The quantitative estimate of drug-likeness (QED) is 0.773. The predicted octanol–water partition coefficient (Wildman–Crippen LogP) is 1.53. The Labute approximate surface area is 123 Å². The molecule has 0 aromatic carbocycles. The van der Waals surface area contributed by atoms with Crippen molar-refractivity contribution in [2.75, 3.05) is 30.4 Å². The summed E-state index contributed by atoms with van der Waals surface area (Å²) in [6.45, 7) is 3.34. The average molecular weight is 290 g/mol. The lowest BCUT2D eigenvalue weighted by Crippen LogP contribution is -2.39. The zero-order chi connectivity index (χ0) is 14.9. The van der Waals surface area contributed by atoms with Crippen LogP contribution in [0, 0.1) is 0 Å². The van der Waals surface area contributed by atoms with Crippen LogP contribution in [0.3, 0.4) is 0 Å². The third-order valence-corrected chi connectivity index (χ3v) is 4.05. The van der Waals surface area contributed by atoms with E-state index in [0.717, 1.165) is 43.4 Å². The van der Waals surface area contributed by atoms with E-state index in [2.05, 4.69) is 25.5 Å². The molecule has 0 spiro atoms. The number of rotatable bonds is 5.